The summed E-state index contributed by atoms with van der Waals surface area (Å²) in [5.74, 6) is -1.12. The number of nitrogens with zero attached hydrogens (tertiary/aromatic N) is 1. The summed E-state index contributed by atoms with van der Waals surface area (Å²) in [7, 11) is 0. The normalized spacial score (nSPS) is 29.8. The second kappa shape index (κ2) is 2.64. The number of aliphatic imine (C=N–C) groups is 1. The van der Waals surface area contributed by atoms with Crippen molar-refractivity contribution in [3.8, 4) is 0 Å². The molecular weight excluding hydrogens is 168 g/mol. The van der Waals surface area contributed by atoms with Crippen LogP contribution in [0.5, 0.6) is 0 Å². The molecule has 5 heteroatoms. The van der Waals surface area contributed by atoms with Gasteiger partial charge in [0, 0.05) is 23.9 Å². The van der Waals surface area contributed by atoms with Crippen LogP contribution in [0.1, 0.15) is 6.42 Å². The fraction of sp³-hybridized carbons (Fsp3) is 0.333. The Kier molecular flexibility index (Phi) is 1.97. The van der Waals surface area contributed by atoms with Crippen LogP contribution in [0.15, 0.2) is 16.2 Å². The average molecular weight is 175 g/mol. The van der Waals surface area contributed by atoms with Crippen LogP contribution in [0.2, 0.25) is 0 Å². The summed E-state index contributed by atoms with van der Waals surface area (Å²) in [5.41, 5.74) is 3.99. The van der Waals surface area contributed by atoms with Gasteiger partial charge in [-0.3, -0.25) is 4.99 Å². The number of nitrogens with two attached hydrogens (primary N) is 1. The zero-order valence-electron chi connectivity index (χ0n) is 5.62. The number of hydrogen-bond donors (Lipinski definition) is 2. The van der Waals surface area contributed by atoms with E-state index in [1.54, 1.807) is 0 Å². The second-order valence-electron chi connectivity index (χ2n) is 2.38. The lowest BCUT2D eigenvalue weighted by Gasteiger charge is -2.20. The molecule has 1 aliphatic rings. The number of hydrogen-bond acceptors (Lipinski definition) is 3. The van der Waals surface area contributed by atoms with Gasteiger partial charge >= 0.3 is 5.97 Å². The number of carbonyl (C=O) groups is 1. The molecular formula is C6H7ClN2O2. The highest BCUT2D eigenvalue weighted by atomic mass is 35.5. The standard InChI is InChI=1S/C6H7ClN2O2/c7-4-1-6(8,5(10)11)3-9-2-4/h2-3H,1,8H2,(H,10,11). The van der Waals surface area contributed by atoms with Crippen molar-refractivity contribution in [2.75, 3.05) is 0 Å². The summed E-state index contributed by atoms with van der Waals surface area (Å²) in [6.45, 7) is 0. The Bertz CT molecular complexity index is 249. The van der Waals surface area contributed by atoms with Crippen LogP contribution >= 0.6 is 11.6 Å². The molecule has 0 radical (unpaired) electrons. The number of carboxylic acids is 1. The first kappa shape index (κ1) is 8.23. The lowest BCUT2D eigenvalue weighted by molar-refractivity contribution is -0.140. The minimum atomic E-state index is -1.42. The van der Waals surface area contributed by atoms with Gasteiger partial charge in [0.05, 0.1) is 0 Å². The minimum Gasteiger partial charge on any atom is -0.480 e. The fourth-order valence-electron chi connectivity index (χ4n) is 0.753. The number of rotatable bonds is 1. The highest BCUT2D eigenvalue weighted by Crippen LogP contribution is 2.20. The Balaban J connectivity index is 2.86. The highest BCUT2D eigenvalue weighted by Gasteiger charge is 2.34. The molecule has 0 aromatic rings. The third-order valence-corrected chi connectivity index (χ3v) is 1.61. The Morgan fingerprint density at radius 1 is 1.91 bits per heavy atom. The monoisotopic (exact) mass is 174 g/mol. The SMILES string of the molecule is NC1(C(=O)O)C=NC=C(Cl)C1. The Morgan fingerprint density at radius 2 is 2.55 bits per heavy atom. The van der Waals surface area contributed by atoms with Gasteiger partial charge in [0.2, 0.25) is 0 Å². The van der Waals surface area contributed by atoms with Crippen LogP contribution in [0, 0.1) is 0 Å². The van der Waals surface area contributed by atoms with Crippen LogP contribution in [-0.2, 0) is 4.79 Å². The molecule has 0 amide bonds. The maximum atomic E-state index is 10.5. The van der Waals surface area contributed by atoms with E-state index in [1.165, 1.54) is 12.4 Å². The smallest absolute Gasteiger partial charge is 0.329 e. The Labute approximate surface area is 68.4 Å². The van der Waals surface area contributed by atoms with Crippen LogP contribution in [0.25, 0.3) is 0 Å². The molecule has 1 unspecified atom stereocenters. The van der Waals surface area contributed by atoms with Gasteiger partial charge in [-0.15, -0.1) is 0 Å². The molecule has 1 heterocycles. The van der Waals surface area contributed by atoms with Crippen molar-refractivity contribution in [3.05, 3.63) is 11.2 Å². The van der Waals surface area contributed by atoms with E-state index in [9.17, 15) is 4.79 Å². The van der Waals surface area contributed by atoms with Crippen LogP contribution in [-0.4, -0.2) is 22.8 Å². The first-order valence-corrected chi connectivity index (χ1v) is 3.33. The summed E-state index contributed by atoms with van der Waals surface area (Å²) in [4.78, 5) is 14.1. The Hall–Kier alpha value is -0.870. The molecule has 1 aliphatic heterocycles. The molecule has 1 atom stereocenters. The third kappa shape index (κ3) is 1.58. The van der Waals surface area contributed by atoms with E-state index in [2.05, 4.69) is 4.99 Å². The van der Waals surface area contributed by atoms with Gasteiger partial charge in [0.25, 0.3) is 0 Å². The molecule has 0 saturated carbocycles. The molecule has 0 aromatic carbocycles. The molecule has 3 N–H and O–H groups in total. The molecule has 0 spiro atoms. The maximum absolute atomic E-state index is 10.5. The molecule has 60 valence electrons. The van der Waals surface area contributed by atoms with Crippen molar-refractivity contribution in [2.45, 2.75) is 12.0 Å². The summed E-state index contributed by atoms with van der Waals surface area (Å²) >= 11 is 5.55. The van der Waals surface area contributed by atoms with E-state index < -0.39 is 11.5 Å². The number of carboxylic acid groups (broad SMARTS) is 1. The molecule has 4 nitrogen and oxygen atoms in total. The number of halogens is 1. The van der Waals surface area contributed by atoms with Crippen molar-refractivity contribution in [2.24, 2.45) is 10.7 Å². The van der Waals surface area contributed by atoms with Gasteiger partial charge in [-0.2, -0.15) is 0 Å². The van der Waals surface area contributed by atoms with Gasteiger partial charge in [-0.1, -0.05) is 11.6 Å². The lowest BCUT2D eigenvalue weighted by Crippen LogP contribution is -2.50. The van der Waals surface area contributed by atoms with E-state index in [1.807, 2.05) is 0 Å². The fourth-order valence-corrected chi connectivity index (χ4v) is 1.03. The Morgan fingerprint density at radius 3 is 2.91 bits per heavy atom. The average Bonchev–Trinajstić information content (AvgIpc) is 1.86. The van der Waals surface area contributed by atoms with E-state index in [0.717, 1.165) is 0 Å². The highest BCUT2D eigenvalue weighted by molar-refractivity contribution is 6.30. The molecule has 0 aliphatic carbocycles. The molecule has 0 saturated heterocycles. The van der Waals surface area contributed by atoms with E-state index in [-0.39, 0.29) is 6.42 Å². The van der Waals surface area contributed by atoms with Crippen molar-refractivity contribution < 1.29 is 9.90 Å². The summed E-state index contributed by atoms with van der Waals surface area (Å²) in [6, 6.07) is 0. The molecule has 0 fully saturated rings. The minimum absolute atomic E-state index is 0.105. The van der Waals surface area contributed by atoms with Crippen molar-refractivity contribution in [1.29, 1.82) is 0 Å². The molecule has 0 bridgehead atoms. The molecule has 0 aromatic heterocycles. The predicted molar refractivity (Wildman–Crippen MR) is 41.6 cm³/mol. The predicted octanol–water partition coefficient (Wildman–Crippen LogP) is 0.323. The zero-order valence-corrected chi connectivity index (χ0v) is 6.38. The van der Waals surface area contributed by atoms with Gasteiger partial charge in [0.1, 0.15) is 0 Å². The van der Waals surface area contributed by atoms with Crippen molar-refractivity contribution >= 4 is 23.8 Å². The quantitative estimate of drug-likeness (QED) is 0.601. The zero-order chi connectivity index (χ0) is 8.48. The first-order valence-electron chi connectivity index (χ1n) is 2.96. The van der Waals surface area contributed by atoms with Gasteiger partial charge in [-0.05, 0) is 0 Å². The summed E-state index contributed by atoms with van der Waals surface area (Å²) in [6.07, 6.45) is 2.67. The van der Waals surface area contributed by atoms with Gasteiger partial charge in [-0.25, -0.2) is 4.79 Å². The van der Waals surface area contributed by atoms with E-state index in [4.69, 9.17) is 22.4 Å². The lowest BCUT2D eigenvalue weighted by atomic mass is 9.97. The van der Waals surface area contributed by atoms with E-state index >= 15 is 0 Å². The van der Waals surface area contributed by atoms with Crippen molar-refractivity contribution in [3.63, 3.8) is 0 Å². The largest absolute Gasteiger partial charge is 0.480 e. The summed E-state index contributed by atoms with van der Waals surface area (Å²) < 4.78 is 0. The molecule has 1 rings (SSSR count). The summed E-state index contributed by atoms with van der Waals surface area (Å²) in [5, 5.41) is 8.97. The van der Waals surface area contributed by atoms with Gasteiger partial charge in [0.15, 0.2) is 5.54 Å². The third-order valence-electron chi connectivity index (χ3n) is 1.38. The first-order chi connectivity index (χ1) is 5.04. The molecule has 11 heavy (non-hydrogen) atoms. The van der Waals surface area contributed by atoms with E-state index in [0.29, 0.717) is 5.03 Å². The second-order valence-corrected chi connectivity index (χ2v) is 2.86. The topological polar surface area (TPSA) is 75.7 Å². The number of aliphatic carboxylic acids is 1. The van der Waals surface area contributed by atoms with Crippen LogP contribution < -0.4 is 5.73 Å². The van der Waals surface area contributed by atoms with Crippen LogP contribution in [0.4, 0.5) is 0 Å². The maximum Gasteiger partial charge on any atom is 0.329 e. The van der Waals surface area contributed by atoms with Gasteiger partial charge < -0.3 is 10.8 Å². The van der Waals surface area contributed by atoms with Crippen LogP contribution in [0.3, 0.4) is 0 Å². The van der Waals surface area contributed by atoms with Crippen molar-refractivity contribution in [1.82, 2.24) is 0 Å².